The summed E-state index contributed by atoms with van der Waals surface area (Å²) in [5, 5.41) is 0. The summed E-state index contributed by atoms with van der Waals surface area (Å²) in [6.07, 6.45) is 3.90. The number of para-hydroxylation sites is 1. The molecule has 0 aromatic heterocycles. The van der Waals surface area contributed by atoms with E-state index in [0.717, 1.165) is 25.1 Å². The number of sulfonamides is 1. The summed E-state index contributed by atoms with van der Waals surface area (Å²) < 4.78 is 25.9. The second-order valence-corrected chi connectivity index (χ2v) is 8.80. The summed E-state index contributed by atoms with van der Waals surface area (Å²) in [5.74, 6) is 0.296. The van der Waals surface area contributed by atoms with E-state index in [1.807, 2.05) is 30.0 Å². The first kappa shape index (κ1) is 17.4. The molecule has 2 heterocycles. The van der Waals surface area contributed by atoms with Gasteiger partial charge in [-0.1, -0.05) is 25.1 Å². The Morgan fingerprint density at radius 3 is 2.58 bits per heavy atom. The summed E-state index contributed by atoms with van der Waals surface area (Å²) in [4.78, 5) is 14.9. The number of nitrogens with zero attached hydrogens (tertiary/aromatic N) is 2. The highest BCUT2D eigenvalue weighted by molar-refractivity contribution is 7.89. The van der Waals surface area contributed by atoms with E-state index >= 15 is 0 Å². The maximum Gasteiger partial charge on any atom is 0.230 e. The molecule has 5 nitrogen and oxygen atoms in total. The molecule has 132 valence electrons. The zero-order valence-corrected chi connectivity index (χ0v) is 15.1. The van der Waals surface area contributed by atoms with Crippen LogP contribution in [0.4, 0.5) is 5.69 Å². The van der Waals surface area contributed by atoms with Crippen molar-refractivity contribution in [3.63, 3.8) is 0 Å². The van der Waals surface area contributed by atoms with E-state index in [2.05, 4.69) is 6.07 Å². The van der Waals surface area contributed by atoms with Crippen molar-refractivity contribution >= 4 is 21.6 Å². The smallest absolute Gasteiger partial charge is 0.230 e. The van der Waals surface area contributed by atoms with E-state index in [1.54, 1.807) is 4.31 Å². The summed E-state index contributed by atoms with van der Waals surface area (Å²) in [5.41, 5.74) is 2.27. The third-order valence-electron chi connectivity index (χ3n) is 5.03. The van der Waals surface area contributed by atoms with Crippen LogP contribution in [0.15, 0.2) is 24.3 Å². The molecule has 3 rings (SSSR count). The molecule has 0 bridgehead atoms. The van der Waals surface area contributed by atoms with E-state index in [-0.39, 0.29) is 17.6 Å². The summed E-state index contributed by atoms with van der Waals surface area (Å²) in [6.45, 7) is 3.58. The van der Waals surface area contributed by atoms with Gasteiger partial charge in [-0.2, -0.15) is 0 Å². The van der Waals surface area contributed by atoms with Crippen molar-refractivity contribution in [2.24, 2.45) is 5.92 Å². The standard InChI is InChI=1S/C18H26N2O3S/c1-2-14-24(22,23)19-12-9-16(10-13-19)18(21)20-11-5-7-15-6-3-4-8-17(15)20/h3-4,6,8,16H,2,5,7,9-14H2,1H3. The van der Waals surface area contributed by atoms with Gasteiger partial charge in [-0.3, -0.25) is 4.79 Å². The number of anilines is 1. The maximum absolute atomic E-state index is 13.0. The molecule has 24 heavy (non-hydrogen) atoms. The molecule has 0 spiro atoms. The molecular weight excluding hydrogens is 324 g/mol. The summed E-state index contributed by atoms with van der Waals surface area (Å²) >= 11 is 0. The molecule has 2 aliphatic rings. The van der Waals surface area contributed by atoms with Gasteiger partial charge in [0.15, 0.2) is 0 Å². The lowest BCUT2D eigenvalue weighted by molar-refractivity contribution is -0.123. The van der Waals surface area contributed by atoms with Crippen LogP contribution in [0.25, 0.3) is 0 Å². The van der Waals surface area contributed by atoms with Crippen molar-refractivity contribution in [2.45, 2.75) is 39.0 Å². The first-order valence-electron chi connectivity index (χ1n) is 8.90. The predicted molar refractivity (Wildman–Crippen MR) is 95.5 cm³/mol. The van der Waals surface area contributed by atoms with E-state index in [0.29, 0.717) is 32.4 Å². The minimum Gasteiger partial charge on any atom is -0.312 e. The van der Waals surface area contributed by atoms with Crippen LogP contribution in [0.1, 0.15) is 38.2 Å². The molecular formula is C18H26N2O3S. The fraction of sp³-hybridized carbons (Fsp3) is 0.611. The molecule has 0 saturated carbocycles. The maximum atomic E-state index is 13.0. The number of aryl methyl sites for hydroxylation is 1. The molecule has 0 aliphatic carbocycles. The van der Waals surface area contributed by atoms with Crippen LogP contribution in [0.3, 0.4) is 0 Å². The fourth-order valence-corrected chi connectivity index (χ4v) is 5.29. The quantitative estimate of drug-likeness (QED) is 0.838. The van der Waals surface area contributed by atoms with E-state index < -0.39 is 10.0 Å². The number of hydrogen-bond acceptors (Lipinski definition) is 3. The average Bonchev–Trinajstić information content (AvgIpc) is 2.61. The second-order valence-electron chi connectivity index (χ2n) is 6.71. The Labute approximate surface area is 144 Å². The summed E-state index contributed by atoms with van der Waals surface area (Å²) in [7, 11) is -3.15. The van der Waals surface area contributed by atoms with Gasteiger partial charge in [0.05, 0.1) is 5.75 Å². The highest BCUT2D eigenvalue weighted by Gasteiger charge is 2.34. The lowest BCUT2D eigenvalue weighted by Gasteiger charge is -2.36. The molecule has 1 saturated heterocycles. The Balaban J connectivity index is 1.66. The normalized spacial score (nSPS) is 20.0. The van der Waals surface area contributed by atoms with Crippen LogP contribution >= 0.6 is 0 Å². The minimum atomic E-state index is -3.15. The van der Waals surface area contributed by atoms with Gasteiger partial charge in [-0.05, 0) is 43.7 Å². The van der Waals surface area contributed by atoms with Gasteiger partial charge in [0.2, 0.25) is 15.9 Å². The van der Waals surface area contributed by atoms with E-state index in [4.69, 9.17) is 0 Å². The molecule has 0 N–H and O–H groups in total. The molecule has 1 amide bonds. The van der Waals surface area contributed by atoms with Gasteiger partial charge in [0.25, 0.3) is 0 Å². The van der Waals surface area contributed by atoms with Crippen LogP contribution in [0.2, 0.25) is 0 Å². The van der Waals surface area contributed by atoms with Crippen molar-refractivity contribution < 1.29 is 13.2 Å². The lowest BCUT2D eigenvalue weighted by atomic mass is 9.94. The fourth-order valence-electron chi connectivity index (χ4n) is 3.75. The van der Waals surface area contributed by atoms with Gasteiger partial charge in [0, 0.05) is 31.2 Å². The topological polar surface area (TPSA) is 57.7 Å². The number of hydrogen-bond donors (Lipinski definition) is 0. The van der Waals surface area contributed by atoms with Crippen LogP contribution < -0.4 is 4.90 Å². The Hall–Kier alpha value is -1.40. The van der Waals surface area contributed by atoms with Crippen LogP contribution in [0.5, 0.6) is 0 Å². The van der Waals surface area contributed by atoms with Crippen molar-refractivity contribution in [1.82, 2.24) is 4.31 Å². The van der Waals surface area contributed by atoms with Crippen LogP contribution in [0, 0.1) is 5.92 Å². The van der Waals surface area contributed by atoms with Crippen molar-refractivity contribution in [1.29, 1.82) is 0 Å². The molecule has 1 aromatic rings. The van der Waals surface area contributed by atoms with Gasteiger partial charge in [0.1, 0.15) is 0 Å². The molecule has 0 atom stereocenters. The predicted octanol–water partition coefficient (Wildman–Crippen LogP) is 2.42. The van der Waals surface area contributed by atoms with Crippen molar-refractivity contribution in [3.8, 4) is 0 Å². The Morgan fingerprint density at radius 2 is 1.88 bits per heavy atom. The minimum absolute atomic E-state index is 0.0655. The monoisotopic (exact) mass is 350 g/mol. The number of carbonyl (C=O) groups excluding carboxylic acids is 1. The highest BCUT2D eigenvalue weighted by Crippen LogP contribution is 2.30. The highest BCUT2D eigenvalue weighted by atomic mass is 32.2. The largest absolute Gasteiger partial charge is 0.312 e. The first-order chi connectivity index (χ1) is 11.5. The summed E-state index contributed by atoms with van der Waals surface area (Å²) in [6, 6.07) is 8.11. The number of carbonyl (C=O) groups is 1. The van der Waals surface area contributed by atoms with E-state index in [9.17, 15) is 13.2 Å². The number of rotatable bonds is 4. The van der Waals surface area contributed by atoms with Gasteiger partial charge >= 0.3 is 0 Å². The average molecular weight is 350 g/mol. The zero-order chi connectivity index (χ0) is 17.2. The molecule has 2 aliphatic heterocycles. The van der Waals surface area contributed by atoms with Crippen LogP contribution in [-0.4, -0.2) is 44.0 Å². The number of benzene rings is 1. The Kier molecular flexibility index (Phi) is 5.25. The Bertz CT molecular complexity index is 694. The van der Waals surface area contributed by atoms with Crippen LogP contribution in [-0.2, 0) is 21.2 Å². The number of fused-ring (bicyclic) bond motifs is 1. The zero-order valence-electron chi connectivity index (χ0n) is 14.3. The SMILES string of the molecule is CCCS(=O)(=O)N1CCC(C(=O)N2CCCc3ccccc32)CC1. The molecule has 1 aromatic carbocycles. The second kappa shape index (κ2) is 7.23. The van der Waals surface area contributed by atoms with Crippen molar-refractivity contribution in [3.05, 3.63) is 29.8 Å². The third kappa shape index (κ3) is 3.49. The lowest BCUT2D eigenvalue weighted by Crippen LogP contribution is -2.46. The molecule has 6 heteroatoms. The molecule has 0 unspecified atom stereocenters. The molecule has 0 radical (unpaired) electrons. The van der Waals surface area contributed by atoms with Gasteiger partial charge < -0.3 is 4.90 Å². The number of amides is 1. The molecule has 1 fully saturated rings. The van der Waals surface area contributed by atoms with Crippen molar-refractivity contribution in [2.75, 3.05) is 30.3 Å². The first-order valence-corrected chi connectivity index (χ1v) is 10.5. The van der Waals surface area contributed by atoms with Gasteiger partial charge in [-0.15, -0.1) is 0 Å². The Morgan fingerprint density at radius 1 is 1.17 bits per heavy atom. The third-order valence-corrected chi connectivity index (χ3v) is 7.11. The van der Waals surface area contributed by atoms with Gasteiger partial charge in [-0.25, -0.2) is 12.7 Å². The van der Waals surface area contributed by atoms with E-state index in [1.165, 1.54) is 5.56 Å². The number of piperidine rings is 1.